The number of fused-ring (bicyclic) bond motifs is 1. The Balaban J connectivity index is 1.46. The molecule has 2 aliphatic heterocycles. The lowest BCUT2D eigenvalue weighted by molar-refractivity contribution is -0.0749. The molecule has 2 saturated heterocycles. The highest BCUT2D eigenvalue weighted by Crippen LogP contribution is 2.26. The second kappa shape index (κ2) is 7.35. The Bertz CT molecular complexity index is 704. The summed E-state index contributed by atoms with van der Waals surface area (Å²) < 4.78 is 6.11. The summed E-state index contributed by atoms with van der Waals surface area (Å²) in [6.07, 6.45) is 6.19. The van der Waals surface area contributed by atoms with Gasteiger partial charge in [0.15, 0.2) is 0 Å². The zero-order chi connectivity index (χ0) is 17.2. The quantitative estimate of drug-likeness (QED) is 0.839. The first-order valence-electron chi connectivity index (χ1n) is 8.99. The van der Waals surface area contributed by atoms with Gasteiger partial charge in [0.25, 0.3) is 0 Å². The van der Waals surface area contributed by atoms with Crippen LogP contribution in [0.15, 0.2) is 17.8 Å². The zero-order valence-corrected chi connectivity index (χ0v) is 15.7. The molecule has 2 aromatic rings. The third kappa shape index (κ3) is 3.83. The Morgan fingerprint density at radius 2 is 1.96 bits per heavy atom. The summed E-state index contributed by atoms with van der Waals surface area (Å²) in [7, 11) is 0. The number of morpholine rings is 1. The van der Waals surface area contributed by atoms with E-state index in [1.807, 2.05) is 19.3 Å². The number of aromatic nitrogens is 3. The SMILES string of the molecule is Cc1cnc(N2CC[C@@H]3OCCN(Cc4csc(C)n4)[C@H]3CC2)nc1. The topological polar surface area (TPSA) is 54.4 Å². The van der Waals surface area contributed by atoms with Gasteiger partial charge in [-0.15, -0.1) is 11.3 Å². The van der Waals surface area contributed by atoms with Crippen molar-refractivity contribution in [3.8, 4) is 0 Å². The molecule has 6 nitrogen and oxygen atoms in total. The molecule has 134 valence electrons. The van der Waals surface area contributed by atoms with Gasteiger partial charge in [0.2, 0.25) is 5.95 Å². The normalized spacial score (nSPS) is 24.8. The Morgan fingerprint density at radius 1 is 1.16 bits per heavy atom. The number of aryl methyl sites for hydroxylation is 2. The molecule has 7 heteroatoms. The summed E-state index contributed by atoms with van der Waals surface area (Å²) in [5.74, 6) is 0.839. The Labute approximate surface area is 152 Å². The second-order valence-corrected chi connectivity index (χ2v) is 7.99. The van der Waals surface area contributed by atoms with Crippen LogP contribution in [-0.4, -0.2) is 58.2 Å². The molecule has 0 saturated carbocycles. The van der Waals surface area contributed by atoms with E-state index in [2.05, 4.69) is 37.1 Å². The van der Waals surface area contributed by atoms with E-state index < -0.39 is 0 Å². The highest BCUT2D eigenvalue weighted by atomic mass is 32.1. The van der Waals surface area contributed by atoms with Crippen molar-refractivity contribution in [3.05, 3.63) is 34.0 Å². The maximum atomic E-state index is 6.11. The number of thiazole rings is 1. The molecule has 2 aliphatic rings. The summed E-state index contributed by atoms with van der Waals surface area (Å²) in [6, 6.07) is 0.450. The Kier molecular flexibility index (Phi) is 4.96. The lowest BCUT2D eigenvalue weighted by Crippen LogP contribution is -2.50. The number of nitrogens with zero attached hydrogens (tertiary/aromatic N) is 5. The molecular weight excluding hydrogens is 334 g/mol. The van der Waals surface area contributed by atoms with Crippen LogP contribution in [-0.2, 0) is 11.3 Å². The van der Waals surface area contributed by atoms with Gasteiger partial charge in [0.05, 0.1) is 23.4 Å². The van der Waals surface area contributed by atoms with Gasteiger partial charge in [0, 0.05) is 50.0 Å². The average molecular weight is 359 g/mol. The van der Waals surface area contributed by atoms with Crippen LogP contribution in [0.4, 0.5) is 5.95 Å². The molecule has 0 aliphatic carbocycles. The lowest BCUT2D eigenvalue weighted by Gasteiger charge is -2.40. The maximum Gasteiger partial charge on any atom is 0.225 e. The van der Waals surface area contributed by atoms with E-state index in [0.29, 0.717) is 12.1 Å². The molecular formula is C18H25N5OS. The predicted octanol–water partition coefficient (Wildman–Crippen LogP) is 2.42. The minimum absolute atomic E-state index is 0.295. The fourth-order valence-electron chi connectivity index (χ4n) is 3.79. The van der Waals surface area contributed by atoms with Gasteiger partial charge in [-0.1, -0.05) is 0 Å². The first kappa shape index (κ1) is 16.9. The van der Waals surface area contributed by atoms with Gasteiger partial charge in [0.1, 0.15) is 0 Å². The van der Waals surface area contributed by atoms with Crippen LogP contribution in [0.2, 0.25) is 0 Å². The van der Waals surface area contributed by atoms with Crippen molar-refractivity contribution < 1.29 is 4.74 Å². The summed E-state index contributed by atoms with van der Waals surface area (Å²) >= 11 is 1.73. The average Bonchev–Trinajstić information content (AvgIpc) is 2.90. The van der Waals surface area contributed by atoms with E-state index in [4.69, 9.17) is 4.74 Å². The van der Waals surface area contributed by atoms with Crippen LogP contribution >= 0.6 is 11.3 Å². The third-order valence-corrected chi connectivity index (χ3v) is 5.89. The standard InChI is InChI=1S/C18H25N5OS/c1-13-9-19-18(20-10-13)22-5-3-16-17(4-6-22)24-8-7-23(16)11-15-12-25-14(2)21-15/h9-10,12,16-17H,3-8,11H2,1-2H3/t16-,17-/m0/s1. The molecule has 2 aromatic heterocycles. The number of anilines is 1. The number of rotatable bonds is 3. The first-order valence-corrected chi connectivity index (χ1v) is 9.87. The smallest absolute Gasteiger partial charge is 0.225 e. The van der Waals surface area contributed by atoms with Gasteiger partial charge in [-0.25, -0.2) is 15.0 Å². The maximum absolute atomic E-state index is 6.11. The molecule has 0 bridgehead atoms. The molecule has 4 rings (SSSR count). The molecule has 0 amide bonds. The molecule has 0 aromatic carbocycles. The lowest BCUT2D eigenvalue weighted by atomic mass is 10.0. The van der Waals surface area contributed by atoms with Crippen LogP contribution < -0.4 is 4.90 Å². The van der Waals surface area contributed by atoms with E-state index >= 15 is 0 Å². The molecule has 0 radical (unpaired) electrons. The van der Waals surface area contributed by atoms with Gasteiger partial charge >= 0.3 is 0 Å². The summed E-state index contributed by atoms with van der Waals surface area (Å²) in [5.41, 5.74) is 2.28. The van der Waals surface area contributed by atoms with Gasteiger partial charge in [-0.3, -0.25) is 4.90 Å². The monoisotopic (exact) mass is 359 g/mol. The molecule has 0 N–H and O–H groups in total. The number of hydrogen-bond acceptors (Lipinski definition) is 7. The molecule has 0 spiro atoms. The van der Waals surface area contributed by atoms with Crippen LogP contribution in [0, 0.1) is 13.8 Å². The highest BCUT2D eigenvalue weighted by molar-refractivity contribution is 7.09. The van der Waals surface area contributed by atoms with E-state index in [9.17, 15) is 0 Å². The van der Waals surface area contributed by atoms with Crippen molar-refractivity contribution in [1.29, 1.82) is 0 Å². The van der Waals surface area contributed by atoms with Crippen molar-refractivity contribution in [2.75, 3.05) is 31.1 Å². The minimum atomic E-state index is 0.295. The zero-order valence-electron chi connectivity index (χ0n) is 14.9. The van der Waals surface area contributed by atoms with Gasteiger partial charge in [-0.2, -0.15) is 0 Å². The fraction of sp³-hybridized carbons (Fsp3) is 0.611. The summed E-state index contributed by atoms with van der Waals surface area (Å²) in [6.45, 7) is 8.74. The van der Waals surface area contributed by atoms with Crippen LogP contribution in [0.5, 0.6) is 0 Å². The largest absolute Gasteiger partial charge is 0.375 e. The van der Waals surface area contributed by atoms with E-state index in [1.54, 1.807) is 11.3 Å². The second-order valence-electron chi connectivity index (χ2n) is 6.93. The van der Waals surface area contributed by atoms with Crippen molar-refractivity contribution in [1.82, 2.24) is 19.9 Å². The van der Waals surface area contributed by atoms with Gasteiger partial charge in [-0.05, 0) is 32.3 Å². The fourth-order valence-corrected chi connectivity index (χ4v) is 4.40. The molecule has 2 atom stereocenters. The number of ether oxygens (including phenoxy) is 1. The third-order valence-electron chi connectivity index (χ3n) is 5.07. The molecule has 25 heavy (non-hydrogen) atoms. The number of hydrogen-bond donors (Lipinski definition) is 0. The summed E-state index contributed by atoms with van der Waals surface area (Å²) in [4.78, 5) is 18.5. The Morgan fingerprint density at radius 3 is 2.72 bits per heavy atom. The molecule has 0 unspecified atom stereocenters. The van der Waals surface area contributed by atoms with Crippen LogP contribution in [0.25, 0.3) is 0 Å². The van der Waals surface area contributed by atoms with Crippen molar-refractivity contribution in [3.63, 3.8) is 0 Å². The van der Waals surface area contributed by atoms with E-state index in [-0.39, 0.29) is 0 Å². The molecule has 2 fully saturated rings. The summed E-state index contributed by atoms with van der Waals surface area (Å²) in [5, 5.41) is 3.33. The Hall–Kier alpha value is -1.57. The van der Waals surface area contributed by atoms with Crippen molar-refractivity contribution in [2.24, 2.45) is 0 Å². The van der Waals surface area contributed by atoms with Crippen molar-refractivity contribution in [2.45, 2.75) is 45.4 Å². The van der Waals surface area contributed by atoms with Crippen LogP contribution in [0.1, 0.15) is 29.1 Å². The van der Waals surface area contributed by atoms with E-state index in [0.717, 1.165) is 62.1 Å². The van der Waals surface area contributed by atoms with E-state index in [1.165, 1.54) is 5.69 Å². The minimum Gasteiger partial charge on any atom is -0.375 e. The predicted molar refractivity (Wildman–Crippen MR) is 99.0 cm³/mol. The van der Waals surface area contributed by atoms with Gasteiger partial charge < -0.3 is 9.64 Å². The first-order chi connectivity index (χ1) is 12.2. The highest BCUT2D eigenvalue weighted by Gasteiger charge is 2.35. The molecule has 4 heterocycles. The van der Waals surface area contributed by atoms with Crippen LogP contribution in [0.3, 0.4) is 0 Å². The van der Waals surface area contributed by atoms with Crippen molar-refractivity contribution >= 4 is 17.3 Å².